The van der Waals surface area contributed by atoms with Crippen LogP contribution in [-0.4, -0.2) is 37.2 Å². The highest BCUT2D eigenvalue weighted by molar-refractivity contribution is 5.71. The second kappa shape index (κ2) is 62.1. The van der Waals surface area contributed by atoms with E-state index in [-0.39, 0.29) is 44.0 Å². The molecule has 0 saturated heterocycles. The SMILES string of the molecule is CC/C=C\C/C=C\C/C=C\C/C=C\C/C=C\C/C=C\CCC(=O)OC[C@H](COC(=O)CCCCCCCCCCCCCCCCCCCCC)OC(=O)CCCCC/C=C\C/C=C\C/C=C\C/C=C\C/C=C\CC. The van der Waals surface area contributed by atoms with Crippen LogP contribution in [0.4, 0.5) is 0 Å². The van der Waals surface area contributed by atoms with Crippen LogP contribution in [0.3, 0.4) is 0 Å². The molecule has 1 atom stereocenters. The van der Waals surface area contributed by atoms with E-state index in [1.54, 1.807) is 0 Å². The maximum Gasteiger partial charge on any atom is 0.306 e. The van der Waals surface area contributed by atoms with Crippen LogP contribution in [0, 0.1) is 0 Å². The molecule has 75 heavy (non-hydrogen) atoms. The average molecular weight is 1040 g/mol. The Balaban J connectivity index is 4.55. The van der Waals surface area contributed by atoms with Crippen LogP contribution in [-0.2, 0) is 28.6 Å². The molecule has 0 N–H and O–H groups in total. The summed E-state index contributed by atoms with van der Waals surface area (Å²) in [6, 6.07) is 0. The molecule has 0 aromatic rings. The molecule has 0 aromatic heterocycles. The topological polar surface area (TPSA) is 78.9 Å². The van der Waals surface area contributed by atoms with Crippen molar-refractivity contribution < 1.29 is 28.6 Å². The normalized spacial score (nSPS) is 13.1. The van der Waals surface area contributed by atoms with E-state index >= 15 is 0 Å². The fourth-order valence-electron chi connectivity index (χ4n) is 8.14. The highest BCUT2D eigenvalue weighted by Gasteiger charge is 2.19. The van der Waals surface area contributed by atoms with E-state index in [4.69, 9.17) is 14.2 Å². The minimum Gasteiger partial charge on any atom is -0.462 e. The molecule has 0 bridgehead atoms. The first-order valence-electron chi connectivity index (χ1n) is 30.7. The van der Waals surface area contributed by atoms with Gasteiger partial charge in [-0.05, 0) is 103 Å². The fraction of sp³-hybridized carbons (Fsp3) is 0.638. The van der Waals surface area contributed by atoms with E-state index in [1.165, 1.54) is 103 Å². The second-order valence-corrected chi connectivity index (χ2v) is 19.9. The minimum absolute atomic E-state index is 0.117. The molecule has 0 spiro atoms. The zero-order valence-corrected chi connectivity index (χ0v) is 48.5. The molecule has 0 radical (unpaired) electrons. The first-order chi connectivity index (χ1) is 37.0. The summed E-state index contributed by atoms with van der Waals surface area (Å²) in [6.45, 7) is 6.33. The van der Waals surface area contributed by atoms with Gasteiger partial charge in [0.15, 0.2) is 6.10 Å². The van der Waals surface area contributed by atoms with Crippen molar-refractivity contribution in [3.63, 3.8) is 0 Å². The quantitative estimate of drug-likeness (QED) is 0.0261. The fourth-order valence-corrected chi connectivity index (χ4v) is 8.14. The van der Waals surface area contributed by atoms with Gasteiger partial charge in [0.25, 0.3) is 0 Å². The molecular weight excluding hydrogens is 925 g/mol. The number of carbonyl (C=O) groups excluding carboxylic acids is 3. The number of esters is 3. The lowest BCUT2D eigenvalue weighted by Gasteiger charge is -2.18. The largest absolute Gasteiger partial charge is 0.462 e. The lowest BCUT2D eigenvalue weighted by Crippen LogP contribution is -2.30. The number of allylic oxidation sites excluding steroid dienone is 22. The third kappa shape index (κ3) is 60.3. The zero-order chi connectivity index (χ0) is 54.3. The second-order valence-electron chi connectivity index (χ2n) is 19.9. The molecule has 0 saturated carbocycles. The number of carbonyl (C=O) groups is 3. The molecule has 0 aromatic carbocycles. The molecule has 6 nitrogen and oxygen atoms in total. The Hall–Kier alpha value is -4.45. The van der Waals surface area contributed by atoms with E-state index in [0.29, 0.717) is 19.3 Å². The van der Waals surface area contributed by atoms with Crippen molar-refractivity contribution in [3.05, 3.63) is 134 Å². The Morgan fingerprint density at radius 1 is 0.280 bits per heavy atom. The van der Waals surface area contributed by atoms with Crippen LogP contribution in [0.1, 0.15) is 265 Å². The zero-order valence-electron chi connectivity index (χ0n) is 48.5. The molecule has 6 heteroatoms. The van der Waals surface area contributed by atoms with Crippen LogP contribution in [0.2, 0.25) is 0 Å². The van der Waals surface area contributed by atoms with Gasteiger partial charge in [-0.25, -0.2) is 0 Å². The average Bonchev–Trinajstić information content (AvgIpc) is 3.41. The summed E-state index contributed by atoms with van der Waals surface area (Å²) in [5.74, 6) is -1.04. The predicted molar refractivity (Wildman–Crippen MR) is 325 cm³/mol. The Morgan fingerprint density at radius 3 is 0.893 bits per heavy atom. The van der Waals surface area contributed by atoms with Gasteiger partial charge < -0.3 is 14.2 Å². The number of unbranched alkanes of at least 4 members (excludes halogenated alkanes) is 21. The molecule has 0 fully saturated rings. The first-order valence-corrected chi connectivity index (χ1v) is 30.7. The Bertz CT molecular complexity index is 1620. The van der Waals surface area contributed by atoms with Crippen molar-refractivity contribution in [1.82, 2.24) is 0 Å². The standard InChI is InChI=1S/C69H112O6/c1-4-7-10-13-16-19-22-25-28-31-34-37-40-43-46-49-52-55-58-61-67(70)73-64-66(75-69(72)63-60-57-54-51-48-45-42-39-36-33-30-27-24-21-18-15-12-9-6-3)65-74-68(71)62-59-56-53-50-47-44-41-38-35-32-29-26-23-20-17-14-11-8-5-2/h7,9-10,12,16,18-19,21,25,27-28,30,34,36-37,39,43,45-46,48,52,55,66H,4-6,8,11,13-15,17,20,22-24,26,29,31-33,35,38,40-42,44,47,49-51,53-54,56-65H2,1-3H3/b10-7-,12-9-,19-16-,21-18-,28-25-,30-27-,37-34-,39-36-,46-43-,48-45-,55-52-/t66-/m1/s1. The maximum absolute atomic E-state index is 12.9. The van der Waals surface area contributed by atoms with Crippen molar-refractivity contribution in [2.75, 3.05) is 13.2 Å². The molecule has 424 valence electrons. The van der Waals surface area contributed by atoms with E-state index in [0.717, 1.165) is 109 Å². The van der Waals surface area contributed by atoms with Crippen LogP contribution < -0.4 is 0 Å². The molecular formula is C69H112O6. The molecule has 0 aliphatic rings. The summed E-state index contributed by atoms with van der Waals surface area (Å²) in [7, 11) is 0. The van der Waals surface area contributed by atoms with Crippen LogP contribution in [0.15, 0.2) is 134 Å². The first kappa shape index (κ1) is 70.5. The van der Waals surface area contributed by atoms with Crippen molar-refractivity contribution >= 4 is 17.9 Å². The van der Waals surface area contributed by atoms with Crippen LogP contribution in [0.5, 0.6) is 0 Å². The van der Waals surface area contributed by atoms with E-state index in [2.05, 4.69) is 148 Å². The predicted octanol–water partition coefficient (Wildman–Crippen LogP) is 21.0. The monoisotopic (exact) mass is 1040 g/mol. The van der Waals surface area contributed by atoms with Gasteiger partial charge >= 0.3 is 17.9 Å². The van der Waals surface area contributed by atoms with Gasteiger partial charge in [0, 0.05) is 19.3 Å². The van der Waals surface area contributed by atoms with E-state index in [1.807, 2.05) is 6.08 Å². The molecule has 0 heterocycles. The summed E-state index contributed by atoms with van der Waals surface area (Å²) in [4.78, 5) is 38.3. The molecule has 0 aliphatic heterocycles. The summed E-state index contributed by atoms with van der Waals surface area (Å²) in [6.07, 6.45) is 87.5. The van der Waals surface area contributed by atoms with Crippen molar-refractivity contribution in [3.8, 4) is 0 Å². The number of rotatable bonds is 54. The summed E-state index contributed by atoms with van der Waals surface area (Å²) in [5, 5.41) is 0. The van der Waals surface area contributed by atoms with Gasteiger partial charge in [0.2, 0.25) is 0 Å². The highest BCUT2D eigenvalue weighted by Crippen LogP contribution is 2.16. The number of hydrogen-bond donors (Lipinski definition) is 0. The van der Waals surface area contributed by atoms with Gasteiger partial charge in [-0.1, -0.05) is 276 Å². The molecule has 0 rings (SSSR count). The molecule has 0 aliphatic carbocycles. The summed E-state index contributed by atoms with van der Waals surface area (Å²) in [5.41, 5.74) is 0. The number of hydrogen-bond acceptors (Lipinski definition) is 6. The Morgan fingerprint density at radius 2 is 0.547 bits per heavy atom. The van der Waals surface area contributed by atoms with Gasteiger partial charge in [-0.2, -0.15) is 0 Å². The van der Waals surface area contributed by atoms with Gasteiger partial charge in [-0.3, -0.25) is 14.4 Å². The third-order valence-electron chi connectivity index (χ3n) is 12.7. The number of ether oxygens (including phenoxy) is 3. The van der Waals surface area contributed by atoms with Crippen molar-refractivity contribution in [2.24, 2.45) is 0 Å². The summed E-state index contributed by atoms with van der Waals surface area (Å²) >= 11 is 0. The summed E-state index contributed by atoms with van der Waals surface area (Å²) < 4.78 is 16.8. The Labute approximate surface area is 462 Å². The highest BCUT2D eigenvalue weighted by atomic mass is 16.6. The van der Waals surface area contributed by atoms with Crippen molar-refractivity contribution in [1.29, 1.82) is 0 Å². The van der Waals surface area contributed by atoms with Crippen LogP contribution in [0.25, 0.3) is 0 Å². The van der Waals surface area contributed by atoms with E-state index < -0.39 is 6.10 Å². The van der Waals surface area contributed by atoms with E-state index in [9.17, 15) is 14.4 Å². The Kier molecular flexibility index (Phi) is 58.4. The minimum atomic E-state index is -0.831. The van der Waals surface area contributed by atoms with Gasteiger partial charge in [0.05, 0.1) is 0 Å². The third-order valence-corrected chi connectivity index (χ3v) is 12.7. The maximum atomic E-state index is 12.9. The molecule has 0 unspecified atom stereocenters. The smallest absolute Gasteiger partial charge is 0.306 e. The lowest BCUT2D eigenvalue weighted by molar-refractivity contribution is -0.166. The molecule has 0 amide bonds. The van der Waals surface area contributed by atoms with Crippen LogP contribution >= 0.6 is 0 Å². The van der Waals surface area contributed by atoms with Gasteiger partial charge in [-0.15, -0.1) is 0 Å². The van der Waals surface area contributed by atoms with Gasteiger partial charge in [0.1, 0.15) is 13.2 Å². The lowest BCUT2D eigenvalue weighted by atomic mass is 10.0. The van der Waals surface area contributed by atoms with Crippen molar-refractivity contribution in [2.45, 2.75) is 271 Å².